The fourth-order valence-electron chi connectivity index (χ4n) is 10.8. The van der Waals surface area contributed by atoms with E-state index >= 15 is 0 Å². The molecule has 14 aromatic rings. The molecule has 5 nitrogen and oxygen atoms in total. The standard InChI is InChI=1S/C66H43N3O2/c1-41-11-3-9-17-62(41)70-42(2)49-29-35-58-55(39-49)64-53-14-6-4-12-47(53)27-37-60(64)68(58)51-31-23-45(24-32-51)43-19-21-44(22-20-43)46-25-33-52(34-26-46)69-59-36-30-50(66-67-57-16-8-10-18-63(57)71-66)40-56(59)65-54-15-7-5-13-48(54)28-38-61(65)69/h3-40H,2H2,1H3. The van der Waals surface area contributed by atoms with E-state index in [1.807, 2.05) is 42.5 Å². The largest absolute Gasteiger partial charge is 0.457 e. The molecule has 0 atom stereocenters. The highest BCUT2D eigenvalue weighted by atomic mass is 16.5. The normalized spacial score (nSPS) is 11.8. The van der Waals surface area contributed by atoms with Gasteiger partial charge in [-0.3, -0.25) is 0 Å². The van der Waals surface area contributed by atoms with Crippen LogP contribution in [0.1, 0.15) is 11.1 Å². The SMILES string of the molecule is C=C(Oc1ccccc1C)c1ccc2c(c1)c1c3ccccc3ccc1n2-c1ccc(-c2ccc(-c3ccc(-n4c5ccc(-c6nc7ccccc7o6)cc5c5c6ccccc6ccc54)cc3)cc2)cc1. The van der Waals surface area contributed by atoms with Crippen molar-refractivity contribution < 1.29 is 9.15 Å². The molecule has 0 fully saturated rings. The maximum atomic E-state index is 6.33. The monoisotopic (exact) mass is 909 g/mol. The first-order valence-electron chi connectivity index (χ1n) is 24.0. The van der Waals surface area contributed by atoms with Gasteiger partial charge in [-0.1, -0.05) is 146 Å². The first kappa shape index (κ1) is 40.6. The van der Waals surface area contributed by atoms with Crippen LogP contribution in [0.3, 0.4) is 0 Å². The van der Waals surface area contributed by atoms with Gasteiger partial charge in [-0.05, 0) is 147 Å². The Labute approximate surface area is 409 Å². The minimum absolute atomic E-state index is 0.622. The summed E-state index contributed by atoms with van der Waals surface area (Å²) in [5.74, 6) is 2.06. The Morgan fingerprint density at radius 3 is 1.51 bits per heavy atom. The lowest BCUT2D eigenvalue weighted by Crippen LogP contribution is -1.96. The average Bonchev–Trinajstić information content (AvgIpc) is 4.12. The lowest BCUT2D eigenvalue weighted by Gasteiger charge is -2.12. The van der Waals surface area contributed by atoms with Gasteiger partial charge in [0, 0.05) is 44.0 Å². The van der Waals surface area contributed by atoms with Crippen LogP contribution in [0.25, 0.3) is 127 Å². The van der Waals surface area contributed by atoms with Crippen LogP contribution in [0.15, 0.2) is 242 Å². The molecular weight excluding hydrogens is 867 g/mol. The van der Waals surface area contributed by atoms with Crippen LogP contribution in [0.2, 0.25) is 0 Å². The molecule has 334 valence electrons. The van der Waals surface area contributed by atoms with Gasteiger partial charge in [0.15, 0.2) is 5.58 Å². The Morgan fingerprint density at radius 1 is 0.437 bits per heavy atom. The molecule has 0 aliphatic carbocycles. The molecule has 71 heavy (non-hydrogen) atoms. The predicted octanol–water partition coefficient (Wildman–Crippen LogP) is 17.7. The third kappa shape index (κ3) is 6.66. The molecule has 0 aliphatic rings. The van der Waals surface area contributed by atoms with Gasteiger partial charge in [0.2, 0.25) is 5.89 Å². The highest BCUT2D eigenvalue weighted by molar-refractivity contribution is 6.23. The van der Waals surface area contributed by atoms with Gasteiger partial charge < -0.3 is 18.3 Å². The quantitative estimate of drug-likeness (QED) is 0.143. The van der Waals surface area contributed by atoms with Crippen LogP contribution in [0, 0.1) is 6.92 Å². The first-order valence-corrected chi connectivity index (χ1v) is 24.0. The second kappa shape index (κ2) is 16.1. The van der Waals surface area contributed by atoms with E-state index in [1.54, 1.807) is 0 Å². The molecule has 0 spiro atoms. The minimum Gasteiger partial charge on any atom is -0.457 e. The Kier molecular flexibility index (Phi) is 9.20. The van der Waals surface area contributed by atoms with Gasteiger partial charge in [0.1, 0.15) is 17.0 Å². The Hall–Kier alpha value is -9.45. The van der Waals surface area contributed by atoms with E-state index in [0.717, 1.165) is 100 Å². The molecule has 11 aromatic carbocycles. The fourth-order valence-corrected chi connectivity index (χ4v) is 10.8. The zero-order valence-electron chi connectivity index (χ0n) is 38.8. The van der Waals surface area contributed by atoms with Crippen LogP contribution >= 0.6 is 0 Å². The number of para-hydroxylation sites is 3. The zero-order valence-corrected chi connectivity index (χ0v) is 38.8. The van der Waals surface area contributed by atoms with Crippen molar-refractivity contribution in [2.24, 2.45) is 0 Å². The van der Waals surface area contributed by atoms with Crippen molar-refractivity contribution >= 4 is 82.0 Å². The number of nitrogens with zero attached hydrogens (tertiary/aromatic N) is 3. The summed E-state index contributed by atoms with van der Waals surface area (Å²) in [4.78, 5) is 4.83. The van der Waals surface area contributed by atoms with E-state index in [4.69, 9.17) is 14.1 Å². The second-order valence-electron chi connectivity index (χ2n) is 18.4. The van der Waals surface area contributed by atoms with E-state index in [9.17, 15) is 0 Å². The van der Waals surface area contributed by atoms with Crippen LogP contribution in [-0.4, -0.2) is 14.1 Å². The molecule has 0 N–H and O–H groups in total. The van der Waals surface area contributed by atoms with E-state index in [0.29, 0.717) is 11.6 Å². The van der Waals surface area contributed by atoms with Gasteiger partial charge in [0.25, 0.3) is 0 Å². The molecular formula is C66H43N3O2. The molecule has 3 heterocycles. The van der Waals surface area contributed by atoms with Crippen molar-refractivity contribution in [1.29, 1.82) is 0 Å². The zero-order chi connectivity index (χ0) is 47.2. The minimum atomic E-state index is 0.622. The number of aromatic nitrogens is 3. The van der Waals surface area contributed by atoms with Crippen LogP contribution in [0.4, 0.5) is 0 Å². The predicted molar refractivity (Wildman–Crippen MR) is 295 cm³/mol. The van der Waals surface area contributed by atoms with Crippen molar-refractivity contribution in [3.05, 3.63) is 248 Å². The molecule has 3 aromatic heterocycles. The maximum Gasteiger partial charge on any atom is 0.227 e. The number of fused-ring (bicyclic) bond motifs is 11. The van der Waals surface area contributed by atoms with E-state index in [-0.39, 0.29) is 0 Å². The summed E-state index contributed by atoms with van der Waals surface area (Å²) in [6, 6.07) is 82.1. The maximum absolute atomic E-state index is 6.33. The van der Waals surface area contributed by atoms with Crippen molar-refractivity contribution in [2.75, 3.05) is 0 Å². The average molecular weight is 910 g/mol. The third-order valence-electron chi connectivity index (χ3n) is 14.3. The van der Waals surface area contributed by atoms with E-state index < -0.39 is 0 Å². The van der Waals surface area contributed by atoms with Gasteiger partial charge in [-0.25, -0.2) is 4.98 Å². The Balaban J connectivity index is 0.778. The van der Waals surface area contributed by atoms with Crippen LogP contribution in [-0.2, 0) is 0 Å². The van der Waals surface area contributed by atoms with Crippen molar-refractivity contribution in [2.45, 2.75) is 6.92 Å². The van der Waals surface area contributed by atoms with Crippen LogP contribution < -0.4 is 4.74 Å². The summed E-state index contributed by atoms with van der Waals surface area (Å²) in [6.07, 6.45) is 0. The summed E-state index contributed by atoms with van der Waals surface area (Å²) in [5, 5.41) is 9.60. The number of hydrogen-bond donors (Lipinski definition) is 0. The number of aryl methyl sites for hydroxylation is 1. The summed E-state index contributed by atoms with van der Waals surface area (Å²) >= 11 is 0. The number of ether oxygens (including phenoxy) is 1. The number of oxazole rings is 1. The Bertz CT molecular complexity index is 4400. The van der Waals surface area contributed by atoms with Crippen LogP contribution in [0.5, 0.6) is 5.75 Å². The van der Waals surface area contributed by atoms with Crippen molar-refractivity contribution in [3.63, 3.8) is 0 Å². The summed E-state index contributed by atoms with van der Waals surface area (Å²) < 4.78 is 17.3. The molecule has 0 bridgehead atoms. The van der Waals surface area contributed by atoms with Gasteiger partial charge in [-0.2, -0.15) is 0 Å². The molecule has 0 saturated heterocycles. The molecule has 0 radical (unpaired) electrons. The topological polar surface area (TPSA) is 45.1 Å². The van der Waals surface area contributed by atoms with Crippen molar-refractivity contribution in [3.8, 4) is 50.8 Å². The Morgan fingerprint density at radius 2 is 0.915 bits per heavy atom. The van der Waals surface area contributed by atoms with Gasteiger partial charge >= 0.3 is 0 Å². The molecule has 0 amide bonds. The summed E-state index contributed by atoms with van der Waals surface area (Å²) in [6.45, 7) is 6.41. The third-order valence-corrected chi connectivity index (χ3v) is 14.3. The first-order chi connectivity index (χ1) is 35.0. The summed E-state index contributed by atoms with van der Waals surface area (Å²) in [7, 11) is 0. The van der Waals surface area contributed by atoms with Gasteiger partial charge in [-0.15, -0.1) is 0 Å². The lowest BCUT2D eigenvalue weighted by atomic mass is 10.00. The van der Waals surface area contributed by atoms with E-state index in [2.05, 4.69) is 211 Å². The lowest BCUT2D eigenvalue weighted by molar-refractivity contribution is 0.512. The second-order valence-corrected chi connectivity index (χ2v) is 18.4. The molecule has 0 saturated carbocycles. The highest BCUT2D eigenvalue weighted by Gasteiger charge is 2.20. The van der Waals surface area contributed by atoms with E-state index in [1.165, 1.54) is 32.3 Å². The molecule has 0 aliphatic heterocycles. The van der Waals surface area contributed by atoms with Gasteiger partial charge in [0.05, 0.1) is 22.1 Å². The smallest absolute Gasteiger partial charge is 0.227 e. The molecule has 14 rings (SSSR count). The summed E-state index contributed by atoms with van der Waals surface area (Å²) in [5.41, 5.74) is 16.0. The fraction of sp³-hybridized carbons (Fsp3) is 0.0152. The molecule has 0 unspecified atom stereocenters. The number of rotatable bonds is 8. The van der Waals surface area contributed by atoms with Crippen molar-refractivity contribution in [1.82, 2.24) is 14.1 Å². The highest BCUT2D eigenvalue weighted by Crippen LogP contribution is 2.41. The number of benzene rings is 11. The number of hydrogen-bond acceptors (Lipinski definition) is 3. The molecule has 5 heteroatoms.